The minimum absolute atomic E-state index is 0.799. The van der Waals surface area contributed by atoms with E-state index in [9.17, 15) is 0 Å². The zero-order valence-corrected chi connectivity index (χ0v) is 15.5. The van der Waals surface area contributed by atoms with E-state index in [1.54, 1.807) is 0 Å². The number of hydrogen-bond donors (Lipinski definition) is 1. The van der Waals surface area contributed by atoms with Crippen LogP contribution in [0.5, 0.6) is 0 Å². The van der Waals surface area contributed by atoms with Gasteiger partial charge in [-0.15, -0.1) is 0 Å². The average molecular weight is 337 g/mol. The molecule has 2 heterocycles. The normalized spacial score (nSPS) is 19.9. The fraction of sp³-hybridized carbons (Fsp3) is 0.478. The summed E-state index contributed by atoms with van der Waals surface area (Å²) in [5.41, 5.74) is 3.04. The summed E-state index contributed by atoms with van der Waals surface area (Å²) < 4.78 is 0. The summed E-state index contributed by atoms with van der Waals surface area (Å²) in [5.74, 6) is 1.60. The Hall–Kier alpha value is -1.64. The number of benzene rings is 2. The number of rotatable bonds is 2. The second-order valence-corrected chi connectivity index (χ2v) is 7.42. The van der Waals surface area contributed by atoms with Gasteiger partial charge < -0.3 is 10.2 Å². The maximum atomic E-state index is 3.38. The van der Waals surface area contributed by atoms with Gasteiger partial charge in [0.2, 0.25) is 0 Å². The number of nitrogens with zero attached hydrogens (tertiary/aromatic N) is 1. The molecule has 2 fully saturated rings. The minimum Gasteiger partial charge on any atom is -0.317 e. The SMILES string of the molecule is CN1CCC(c2ccccc2)CC1.c1ccc(C2CCNCC2)cc1. The van der Waals surface area contributed by atoms with E-state index < -0.39 is 0 Å². The van der Waals surface area contributed by atoms with Crippen LogP contribution in [0.4, 0.5) is 0 Å². The Bertz CT molecular complexity index is 582. The number of hydrogen-bond acceptors (Lipinski definition) is 2. The van der Waals surface area contributed by atoms with E-state index >= 15 is 0 Å². The first kappa shape index (κ1) is 18.2. The van der Waals surface area contributed by atoms with Gasteiger partial charge in [-0.3, -0.25) is 0 Å². The zero-order chi connectivity index (χ0) is 17.3. The van der Waals surface area contributed by atoms with Gasteiger partial charge in [-0.1, -0.05) is 60.7 Å². The third kappa shape index (κ3) is 5.69. The van der Waals surface area contributed by atoms with Gasteiger partial charge in [0.1, 0.15) is 0 Å². The van der Waals surface area contributed by atoms with Crippen molar-refractivity contribution in [2.45, 2.75) is 37.5 Å². The lowest BCUT2D eigenvalue weighted by molar-refractivity contribution is 0.255. The summed E-state index contributed by atoms with van der Waals surface area (Å²) in [4.78, 5) is 2.42. The number of likely N-dealkylation sites (tertiary alicyclic amines) is 1. The highest BCUT2D eigenvalue weighted by atomic mass is 15.1. The topological polar surface area (TPSA) is 15.3 Å². The predicted octanol–water partition coefficient (Wildman–Crippen LogP) is 4.65. The predicted molar refractivity (Wildman–Crippen MR) is 107 cm³/mol. The van der Waals surface area contributed by atoms with Crippen molar-refractivity contribution < 1.29 is 0 Å². The standard InChI is InChI=1S/C12H17N.C11H15N/c1-13-9-7-12(8-10-13)11-5-3-2-4-6-11;1-2-4-10(5-3-1)11-6-8-12-9-7-11/h2-6,12H,7-10H2,1H3;1-5,11-12H,6-9H2. The van der Waals surface area contributed by atoms with Crippen molar-refractivity contribution in [1.29, 1.82) is 0 Å². The van der Waals surface area contributed by atoms with Crippen LogP contribution in [0.2, 0.25) is 0 Å². The van der Waals surface area contributed by atoms with Gasteiger partial charge in [0.05, 0.1) is 0 Å². The van der Waals surface area contributed by atoms with Gasteiger partial charge in [-0.25, -0.2) is 0 Å². The molecule has 4 rings (SSSR count). The lowest BCUT2D eigenvalue weighted by Gasteiger charge is -2.29. The second kappa shape index (κ2) is 9.74. The summed E-state index contributed by atoms with van der Waals surface area (Å²) in [7, 11) is 2.21. The Kier molecular flexibility index (Phi) is 7.08. The first-order valence-corrected chi connectivity index (χ1v) is 9.82. The van der Waals surface area contributed by atoms with Crippen LogP contribution in [-0.2, 0) is 0 Å². The molecule has 25 heavy (non-hydrogen) atoms. The quantitative estimate of drug-likeness (QED) is 0.859. The van der Waals surface area contributed by atoms with Crippen LogP contribution in [0.1, 0.15) is 48.6 Å². The van der Waals surface area contributed by atoms with Crippen molar-refractivity contribution >= 4 is 0 Å². The molecule has 0 bridgehead atoms. The molecular weight excluding hydrogens is 304 g/mol. The lowest BCUT2D eigenvalue weighted by atomic mass is 9.90. The molecule has 2 nitrogen and oxygen atoms in total. The van der Waals surface area contributed by atoms with Crippen LogP contribution in [-0.4, -0.2) is 38.1 Å². The molecule has 134 valence electrons. The van der Waals surface area contributed by atoms with Crippen molar-refractivity contribution in [1.82, 2.24) is 10.2 Å². The van der Waals surface area contributed by atoms with Gasteiger partial charge in [0.25, 0.3) is 0 Å². The van der Waals surface area contributed by atoms with Gasteiger partial charge in [-0.2, -0.15) is 0 Å². The molecule has 2 aromatic rings. The molecule has 1 N–H and O–H groups in total. The molecule has 2 aliphatic heterocycles. The Morgan fingerprint density at radius 1 is 0.680 bits per heavy atom. The van der Waals surface area contributed by atoms with E-state index in [0.717, 1.165) is 11.8 Å². The number of nitrogens with one attached hydrogen (secondary N) is 1. The van der Waals surface area contributed by atoms with E-state index in [1.165, 1.54) is 63.0 Å². The number of piperidine rings is 2. The molecule has 0 aromatic heterocycles. The van der Waals surface area contributed by atoms with Crippen LogP contribution >= 0.6 is 0 Å². The summed E-state index contributed by atoms with van der Waals surface area (Å²) >= 11 is 0. The summed E-state index contributed by atoms with van der Waals surface area (Å²) in [6.45, 7) is 4.86. The fourth-order valence-corrected chi connectivity index (χ4v) is 3.95. The third-order valence-electron chi connectivity index (χ3n) is 5.60. The molecule has 2 aliphatic rings. The largest absolute Gasteiger partial charge is 0.317 e. The third-order valence-corrected chi connectivity index (χ3v) is 5.60. The van der Waals surface area contributed by atoms with Crippen LogP contribution in [0, 0.1) is 0 Å². The Balaban J connectivity index is 0.000000146. The van der Waals surface area contributed by atoms with Gasteiger partial charge in [-0.05, 0) is 81.9 Å². The van der Waals surface area contributed by atoms with Crippen molar-refractivity contribution in [3.8, 4) is 0 Å². The highest BCUT2D eigenvalue weighted by Crippen LogP contribution is 2.27. The van der Waals surface area contributed by atoms with Crippen LogP contribution in [0.25, 0.3) is 0 Å². The molecule has 0 unspecified atom stereocenters. The zero-order valence-electron chi connectivity index (χ0n) is 15.5. The summed E-state index contributed by atoms with van der Waals surface area (Å²) in [6, 6.07) is 21.8. The maximum Gasteiger partial charge on any atom is -0.00159 e. The smallest absolute Gasteiger partial charge is 0.00159 e. The average Bonchev–Trinajstić information content (AvgIpc) is 2.71. The molecule has 0 radical (unpaired) electrons. The minimum atomic E-state index is 0.799. The van der Waals surface area contributed by atoms with Crippen LogP contribution in [0.3, 0.4) is 0 Å². The highest BCUT2D eigenvalue weighted by Gasteiger charge is 2.17. The summed E-state index contributed by atoms with van der Waals surface area (Å²) in [5, 5.41) is 3.38. The Morgan fingerprint density at radius 2 is 1.12 bits per heavy atom. The van der Waals surface area contributed by atoms with E-state index in [-0.39, 0.29) is 0 Å². The van der Waals surface area contributed by atoms with E-state index in [2.05, 4.69) is 77.9 Å². The van der Waals surface area contributed by atoms with Crippen molar-refractivity contribution in [3.63, 3.8) is 0 Å². The van der Waals surface area contributed by atoms with Crippen LogP contribution < -0.4 is 5.32 Å². The molecule has 0 spiro atoms. The molecule has 0 saturated carbocycles. The fourth-order valence-electron chi connectivity index (χ4n) is 3.95. The lowest BCUT2D eigenvalue weighted by Crippen LogP contribution is -2.29. The van der Waals surface area contributed by atoms with Crippen molar-refractivity contribution in [2.75, 3.05) is 33.2 Å². The molecule has 0 atom stereocenters. The second-order valence-electron chi connectivity index (χ2n) is 7.42. The van der Waals surface area contributed by atoms with E-state index in [0.29, 0.717) is 0 Å². The first-order chi connectivity index (χ1) is 12.3. The molecule has 0 amide bonds. The maximum absolute atomic E-state index is 3.38. The van der Waals surface area contributed by atoms with E-state index in [4.69, 9.17) is 0 Å². The van der Waals surface area contributed by atoms with Crippen molar-refractivity contribution in [3.05, 3.63) is 71.8 Å². The molecule has 2 saturated heterocycles. The van der Waals surface area contributed by atoms with Gasteiger partial charge in [0, 0.05) is 0 Å². The van der Waals surface area contributed by atoms with E-state index in [1.807, 2.05) is 0 Å². The molecule has 0 aliphatic carbocycles. The molecule has 2 heteroatoms. The first-order valence-electron chi connectivity index (χ1n) is 9.82. The van der Waals surface area contributed by atoms with Gasteiger partial charge >= 0.3 is 0 Å². The Morgan fingerprint density at radius 3 is 1.60 bits per heavy atom. The summed E-state index contributed by atoms with van der Waals surface area (Å²) in [6.07, 6.45) is 5.23. The molecular formula is C23H32N2. The molecule has 2 aromatic carbocycles. The monoisotopic (exact) mass is 336 g/mol. The Labute approximate surface area is 153 Å². The highest BCUT2D eigenvalue weighted by molar-refractivity contribution is 5.20. The van der Waals surface area contributed by atoms with Gasteiger partial charge in [0.15, 0.2) is 0 Å². The van der Waals surface area contributed by atoms with Crippen LogP contribution in [0.15, 0.2) is 60.7 Å². The van der Waals surface area contributed by atoms with Crippen molar-refractivity contribution in [2.24, 2.45) is 0 Å².